The summed E-state index contributed by atoms with van der Waals surface area (Å²) in [5.41, 5.74) is 0.424. The van der Waals surface area contributed by atoms with Crippen molar-refractivity contribution in [3.8, 4) is 0 Å². The topological polar surface area (TPSA) is 54.0 Å². The van der Waals surface area contributed by atoms with Gasteiger partial charge in [-0.15, -0.1) is 11.1 Å². The van der Waals surface area contributed by atoms with Gasteiger partial charge < -0.3 is 17.1 Å². The van der Waals surface area contributed by atoms with Gasteiger partial charge >= 0.3 is 23.1 Å². The number of carbonyl (C=O) groups excluding carboxylic acids is 1. The molecular weight excluding hydrogens is 408 g/mol. The largest absolute Gasteiger partial charge is 0.462 e. The van der Waals surface area contributed by atoms with Gasteiger partial charge in [0.25, 0.3) is 7.63 Å². The van der Waals surface area contributed by atoms with Crippen molar-refractivity contribution in [1.82, 2.24) is 0 Å². The highest BCUT2D eigenvalue weighted by Crippen LogP contribution is 2.26. The summed E-state index contributed by atoms with van der Waals surface area (Å²) in [7, 11) is -8.76. The van der Waals surface area contributed by atoms with Crippen LogP contribution in [0.1, 0.15) is 13.3 Å². The molecule has 0 unspecified atom stereocenters. The molecular formula is C15H35ClO5Si4. The number of hydrogen-bond acceptors (Lipinski definition) is 5. The molecule has 0 fully saturated rings. The van der Waals surface area contributed by atoms with E-state index in [0.29, 0.717) is 12.2 Å². The van der Waals surface area contributed by atoms with Crippen LogP contribution < -0.4 is 0 Å². The van der Waals surface area contributed by atoms with Gasteiger partial charge in [-0.25, -0.2) is 4.79 Å². The zero-order valence-corrected chi connectivity index (χ0v) is 22.0. The lowest BCUT2D eigenvalue weighted by atomic mass is 10.4. The lowest BCUT2D eigenvalue weighted by Gasteiger charge is -2.39. The molecule has 0 atom stereocenters. The summed E-state index contributed by atoms with van der Waals surface area (Å²) in [5, 5.41) is 0. The fourth-order valence-corrected chi connectivity index (χ4v) is 21.6. The number of esters is 1. The van der Waals surface area contributed by atoms with Gasteiger partial charge in [0.15, 0.2) is 8.32 Å². The maximum atomic E-state index is 11.4. The molecule has 0 aromatic carbocycles. The molecule has 148 valence electrons. The molecule has 0 N–H and O–H groups in total. The summed E-state index contributed by atoms with van der Waals surface area (Å²) in [6, 6.07) is 0.898. The lowest BCUT2D eigenvalue weighted by Crippen LogP contribution is -2.55. The van der Waals surface area contributed by atoms with Gasteiger partial charge in [-0.3, -0.25) is 0 Å². The Morgan fingerprint density at radius 3 is 1.84 bits per heavy atom. The molecule has 0 aliphatic carbocycles. The first-order valence-electron chi connectivity index (χ1n) is 8.57. The van der Waals surface area contributed by atoms with Crippen LogP contribution in [0, 0.1) is 0 Å². The zero-order chi connectivity index (χ0) is 20.1. The third-order valence-electron chi connectivity index (χ3n) is 3.01. The van der Waals surface area contributed by atoms with Crippen LogP contribution in [0.4, 0.5) is 0 Å². The Labute approximate surface area is 162 Å². The lowest BCUT2D eigenvalue weighted by molar-refractivity contribution is -0.138. The van der Waals surface area contributed by atoms with Crippen molar-refractivity contribution < 1.29 is 21.9 Å². The Bertz CT molecular complexity index is 475. The summed E-state index contributed by atoms with van der Waals surface area (Å²) in [6.45, 7) is 22.0. The van der Waals surface area contributed by atoms with Crippen molar-refractivity contribution in [2.24, 2.45) is 0 Å². The van der Waals surface area contributed by atoms with Crippen LogP contribution in [-0.2, 0) is 21.9 Å². The molecule has 0 spiro atoms. The Morgan fingerprint density at radius 1 is 0.920 bits per heavy atom. The maximum absolute atomic E-state index is 11.4. The summed E-state index contributed by atoms with van der Waals surface area (Å²) >= 11 is 6.32. The minimum Gasteiger partial charge on any atom is -0.462 e. The van der Waals surface area contributed by atoms with E-state index in [1.165, 1.54) is 0 Å². The van der Waals surface area contributed by atoms with Gasteiger partial charge in [0.2, 0.25) is 0 Å². The van der Waals surface area contributed by atoms with Gasteiger partial charge in [-0.1, -0.05) is 6.58 Å². The van der Waals surface area contributed by atoms with Crippen molar-refractivity contribution >= 4 is 50.1 Å². The molecule has 0 aromatic heterocycles. The minimum atomic E-state index is -2.33. The third-order valence-corrected chi connectivity index (χ3v) is 17.3. The summed E-state index contributed by atoms with van der Waals surface area (Å²) in [4.78, 5) is 11.4. The predicted molar refractivity (Wildman–Crippen MR) is 114 cm³/mol. The first-order valence-corrected chi connectivity index (χ1v) is 21.2. The van der Waals surface area contributed by atoms with Crippen LogP contribution >= 0.6 is 11.1 Å². The van der Waals surface area contributed by atoms with E-state index in [-0.39, 0.29) is 5.97 Å². The molecule has 0 saturated heterocycles. The van der Waals surface area contributed by atoms with Crippen molar-refractivity contribution in [2.75, 3.05) is 6.61 Å². The van der Waals surface area contributed by atoms with E-state index in [1.54, 1.807) is 6.92 Å². The average Bonchev–Trinajstić information content (AvgIpc) is 2.27. The first kappa shape index (κ1) is 25.2. The predicted octanol–water partition coefficient (Wildman–Crippen LogP) is 5.09. The molecule has 10 heteroatoms. The number of hydrogen-bond donors (Lipinski definition) is 0. The minimum absolute atomic E-state index is 0.337. The maximum Gasteiger partial charge on any atom is 0.333 e. The van der Waals surface area contributed by atoms with Crippen molar-refractivity contribution in [1.29, 1.82) is 0 Å². The van der Waals surface area contributed by atoms with Crippen LogP contribution in [0.5, 0.6) is 0 Å². The van der Waals surface area contributed by atoms with Crippen molar-refractivity contribution in [3.63, 3.8) is 0 Å². The molecule has 0 saturated carbocycles. The van der Waals surface area contributed by atoms with Gasteiger partial charge in [-0.2, -0.15) is 0 Å². The standard InChI is InChI=1S/C15H35ClO5Si4/c1-14(2)15(17)18-12-11-13-22(3,4)19-24(7,8)21-25(9,10)20-23(5,6)16/h1,11-13H2,2-10H3. The number of rotatable bonds is 11. The summed E-state index contributed by atoms with van der Waals surface area (Å²) < 4.78 is 24.0. The Kier molecular flexibility index (Phi) is 9.54. The molecule has 0 radical (unpaired) electrons. The van der Waals surface area contributed by atoms with Crippen molar-refractivity contribution in [3.05, 3.63) is 12.2 Å². The Morgan fingerprint density at radius 2 is 1.40 bits per heavy atom. The molecule has 0 aromatic rings. The van der Waals surface area contributed by atoms with Gasteiger partial charge in [0, 0.05) is 5.57 Å². The van der Waals surface area contributed by atoms with Gasteiger partial charge in [0.1, 0.15) is 0 Å². The number of ether oxygens (including phenoxy) is 1. The highest BCUT2D eigenvalue weighted by atomic mass is 35.6. The summed E-state index contributed by atoms with van der Waals surface area (Å²) in [5.74, 6) is -0.337. The van der Waals surface area contributed by atoms with Crippen molar-refractivity contribution in [2.45, 2.75) is 71.8 Å². The Balaban J connectivity index is 4.54. The van der Waals surface area contributed by atoms with E-state index in [1.807, 2.05) is 26.2 Å². The second-order valence-corrected chi connectivity index (χ2v) is 25.8. The molecule has 5 nitrogen and oxygen atoms in total. The molecule has 0 aliphatic rings. The molecule has 0 rings (SSSR count). The molecule has 0 amide bonds. The van der Waals surface area contributed by atoms with E-state index in [9.17, 15) is 4.79 Å². The SMILES string of the molecule is C=C(C)C(=O)OCCC[Si](C)(C)O[Si](C)(C)O[Si](C)(C)O[Si](C)(C)Cl. The van der Waals surface area contributed by atoms with Crippen LogP contribution in [0.3, 0.4) is 0 Å². The summed E-state index contributed by atoms with van der Waals surface area (Å²) in [6.07, 6.45) is 0.779. The van der Waals surface area contributed by atoms with Gasteiger partial charge in [0.05, 0.1) is 6.61 Å². The first-order chi connectivity index (χ1) is 10.9. The average molecular weight is 443 g/mol. The zero-order valence-electron chi connectivity index (χ0n) is 17.2. The fourth-order valence-electron chi connectivity index (χ4n) is 2.72. The Hall–Kier alpha value is 0.248. The quantitative estimate of drug-likeness (QED) is 0.146. The second kappa shape index (κ2) is 9.45. The fraction of sp³-hybridized carbons (Fsp3) is 0.800. The van der Waals surface area contributed by atoms with Crippen LogP contribution in [0.2, 0.25) is 58.4 Å². The number of halogens is 1. The highest BCUT2D eigenvalue weighted by molar-refractivity contribution is 7.17. The molecule has 25 heavy (non-hydrogen) atoms. The molecule has 0 aliphatic heterocycles. The molecule has 0 heterocycles. The number of carbonyl (C=O) groups is 1. The highest BCUT2D eigenvalue weighted by Gasteiger charge is 2.42. The van der Waals surface area contributed by atoms with E-state index < -0.39 is 33.1 Å². The molecule has 0 bridgehead atoms. The smallest absolute Gasteiger partial charge is 0.333 e. The normalized spacial score (nSPS) is 13.7. The van der Waals surface area contributed by atoms with Crippen LogP contribution in [-0.4, -0.2) is 45.6 Å². The van der Waals surface area contributed by atoms with E-state index >= 15 is 0 Å². The monoisotopic (exact) mass is 442 g/mol. The van der Waals surface area contributed by atoms with E-state index in [2.05, 4.69) is 32.8 Å². The van der Waals surface area contributed by atoms with Gasteiger partial charge in [-0.05, 0) is 71.8 Å². The van der Waals surface area contributed by atoms with E-state index in [4.69, 9.17) is 28.2 Å². The van der Waals surface area contributed by atoms with Crippen LogP contribution in [0.25, 0.3) is 0 Å². The van der Waals surface area contributed by atoms with E-state index in [0.717, 1.165) is 12.5 Å². The second-order valence-electron chi connectivity index (χ2n) is 8.25. The van der Waals surface area contributed by atoms with Crippen LogP contribution in [0.15, 0.2) is 12.2 Å². The third kappa shape index (κ3) is 13.1.